The largest absolute Gasteiger partial charge is 0.402 e. The van der Waals surface area contributed by atoms with Crippen molar-refractivity contribution in [3.63, 3.8) is 0 Å². The summed E-state index contributed by atoms with van der Waals surface area (Å²) in [7, 11) is 2.22. The SMILES string of the molecule is C#CN(/N=C(/C=C)C/C=C(/N)C(C)C1=CC=C(C(C)CCCN(C)CCC)[C@H](C)C1)C(CC=C)C/C=C(\C)F. The van der Waals surface area contributed by atoms with Crippen LogP contribution in [0.15, 0.2) is 77.4 Å². The van der Waals surface area contributed by atoms with Crippen LogP contribution >= 0.6 is 0 Å². The number of rotatable bonds is 18. The molecule has 5 heteroatoms. The number of allylic oxidation sites excluding steroid dienone is 7. The lowest BCUT2D eigenvalue weighted by atomic mass is 9.77. The molecule has 0 heterocycles. The van der Waals surface area contributed by atoms with Crippen LogP contribution in [-0.2, 0) is 0 Å². The van der Waals surface area contributed by atoms with Crippen molar-refractivity contribution in [1.29, 1.82) is 0 Å². The lowest BCUT2D eigenvalue weighted by Gasteiger charge is -2.29. The summed E-state index contributed by atoms with van der Waals surface area (Å²) in [6, 6.07) is 2.43. The first kappa shape index (κ1) is 34.2. The molecule has 2 N–H and O–H groups in total. The Bertz CT molecular complexity index is 974. The smallest absolute Gasteiger partial charge is 0.0929 e. The fraction of sp³-hybridized carbons (Fsp3) is 0.559. The summed E-state index contributed by atoms with van der Waals surface area (Å²) in [5.41, 5.74) is 11.0. The topological polar surface area (TPSA) is 44.9 Å². The van der Waals surface area contributed by atoms with Gasteiger partial charge in [0.05, 0.1) is 17.6 Å². The van der Waals surface area contributed by atoms with Crippen molar-refractivity contribution >= 4 is 5.71 Å². The first-order valence-electron chi connectivity index (χ1n) is 14.5. The van der Waals surface area contributed by atoms with E-state index in [9.17, 15) is 4.39 Å². The van der Waals surface area contributed by atoms with E-state index >= 15 is 0 Å². The first-order valence-corrected chi connectivity index (χ1v) is 14.5. The normalized spacial score (nSPS) is 19.1. The second-order valence-electron chi connectivity index (χ2n) is 11.0. The molecule has 0 saturated heterocycles. The third-order valence-corrected chi connectivity index (χ3v) is 7.62. The Morgan fingerprint density at radius 1 is 1.26 bits per heavy atom. The van der Waals surface area contributed by atoms with Crippen molar-refractivity contribution in [3.8, 4) is 12.5 Å². The van der Waals surface area contributed by atoms with Crippen LogP contribution in [0.2, 0.25) is 0 Å². The average molecular weight is 537 g/mol. The molecule has 0 bridgehead atoms. The van der Waals surface area contributed by atoms with E-state index in [1.807, 2.05) is 6.08 Å². The summed E-state index contributed by atoms with van der Waals surface area (Å²) < 4.78 is 13.3. The van der Waals surface area contributed by atoms with Crippen molar-refractivity contribution in [2.45, 2.75) is 85.6 Å². The predicted molar refractivity (Wildman–Crippen MR) is 169 cm³/mol. The number of halogens is 1. The molecular formula is C34H53FN4. The van der Waals surface area contributed by atoms with Gasteiger partial charge in [-0.1, -0.05) is 82.2 Å². The summed E-state index contributed by atoms with van der Waals surface area (Å²) in [6.45, 7) is 20.6. The first-order chi connectivity index (χ1) is 18.6. The zero-order valence-electron chi connectivity index (χ0n) is 25.4. The molecule has 0 radical (unpaired) electrons. The Morgan fingerprint density at radius 3 is 2.54 bits per heavy atom. The van der Waals surface area contributed by atoms with E-state index in [1.54, 1.807) is 17.7 Å². The van der Waals surface area contributed by atoms with E-state index in [2.05, 4.69) is 76.1 Å². The molecule has 4 atom stereocenters. The maximum atomic E-state index is 13.3. The zero-order valence-corrected chi connectivity index (χ0v) is 25.4. The molecule has 39 heavy (non-hydrogen) atoms. The number of nitrogens with two attached hydrogens (primary N) is 1. The molecule has 1 aliphatic carbocycles. The standard InChI is InChI=1S/C34H53FN4/c1-10-15-32(20-17-28(7)35)39(13-4)37-31(12-3)19-22-34(36)29(8)30-18-21-33(27(6)25-30)26(5)16-14-24-38(9)23-11-2/h4,10,12,17-18,21-22,26-27,29,32H,1,3,11,14-16,19-20,23-25,36H2,2,5-9H3/b28-17+,34-22+,37-31-/t26?,27-,29?,32?/m1/s1. The molecule has 0 saturated carbocycles. The quantitative estimate of drug-likeness (QED) is 0.0632. The molecule has 4 nitrogen and oxygen atoms in total. The molecule has 0 spiro atoms. The highest BCUT2D eigenvalue weighted by molar-refractivity contribution is 5.95. The van der Waals surface area contributed by atoms with Crippen LogP contribution < -0.4 is 5.73 Å². The van der Waals surface area contributed by atoms with Gasteiger partial charge in [0.15, 0.2) is 0 Å². The fourth-order valence-electron chi connectivity index (χ4n) is 5.12. The number of hydrogen-bond donors (Lipinski definition) is 1. The van der Waals surface area contributed by atoms with Crippen LogP contribution in [-0.4, -0.2) is 41.8 Å². The van der Waals surface area contributed by atoms with E-state index in [1.165, 1.54) is 49.4 Å². The van der Waals surface area contributed by atoms with Gasteiger partial charge in [-0.25, -0.2) is 9.40 Å². The monoisotopic (exact) mass is 536 g/mol. The molecule has 0 amide bonds. The van der Waals surface area contributed by atoms with Gasteiger partial charge >= 0.3 is 0 Å². The zero-order chi connectivity index (χ0) is 29.4. The van der Waals surface area contributed by atoms with Crippen LogP contribution in [0.25, 0.3) is 0 Å². The van der Waals surface area contributed by atoms with E-state index < -0.39 is 0 Å². The number of nitrogens with zero attached hydrogens (tertiary/aromatic N) is 3. The molecule has 0 aromatic heterocycles. The third kappa shape index (κ3) is 12.3. The van der Waals surface area contributed by atoms with Gasteiger partial charge in [-0.2, -0.15) is 5.10 Å². The Kier molecular flexibility index (Phi) is 16.2. The second-order valence-corrected chi connectivity index (χ2v) is 11.0. The highest BCUT2D eigenvalue weighted by atomic mass is 19.1. The molecule has 216 valence electrons. The van der Waals surface area contributed by atoms with E-state index in [0.717, 1.165) is 18.7 Å². The molecular weight excluding hydrogens is 483 g/mol. The third-order valence-electron chi connectivity index (χ3n) is 7.62. The summed E-state index contributed by atoms with van der Waals surface area (Å²) in [5.74, 6) is 1.01. The predicted octanol–water partition coefficient (Wildman–Crippen LogP) is 8.15. The maximum absolute atomic E-state index is 13.3. The van der Waals surface area contributed by atoms with Gasteiger partial charge in [-0.15, -0.1) is 6.58 Å². The van der Waals surface area contributed by atoms with E-state index in [-0.39, 0.29) is 17.8 Å². The van der Waals surface area contributed by atoms with Crippen molar-refractivity contribution < 1.29 is 4.39 Å². The molecule has 0 fully saturated rings. The average Bonchev–Trinajstić information content (AvgIpc) is 2.90. The van der Waals surface area contributed by atoms with E-state index in [4.69, 9.17) is 12.2 Å². The molecule has 0 aromatic rings. The van der Waals surface area contributed by atoms with Crippen LogP contribution in [0.4, 0.5) is 4.39 Å². The minimum absolute atomic E-state index is 0.143. The summed E-state index contributed by atoms with van der Waals surface area (Å²) in [6.07, 6.45) is 23.6. The van der Waals surface area contributed by atoms with Crippen LogP contribution in [0, 0.1) is 30.2 Å². The number of hydrazone groups is 1. The minimum atomic E-state index is -0.239. The van der Waals surface area contributed by atoms with Crippen molar-refractivity contribution in [2.75, 3.05) is 20.1 Å². The van der Waals surface area contributed by atoms with Crippen LogP contribution in [0.1, 0.15) is 79.6 Å². The summed E-state index contributed by atoms with van der Waals surface area (Å²) in [5, 5.41) is 6.14. The Balaban J connectivity index is 2.89. The lowest BCUT2D eigenvalue weighted by Crippen LogP contribution is -2.27. The molecule has 1 rings (SSSR count). The van der Waals surface area contributed by atoms with Crippen LogP contribution in [0.5, 0.6) is 0 Å². The van der Waals surface area contributed by atoms with E-state index in [0.29, 0.717) is 36.8 Å². The summed E-state index contributed by atoms with van der Waals surface area (Å²) in [4.78, 5) is 2.43. The Hall–Kier alpha value is -2.84. The number of hydrogen-bond acceptors (Lipinski definition) is 4. The van der Waals surface area contributed by atoms with Crippen molar-refractivity contribution in [3.05, 3.63) is 72.3 Å². The summed E-state index contributed by atoms with van der Waals surface area (Å²) >= 11 is 0. The van der Waals surface area contributed by atoms with Gasteiger partial charge in [-0.05, 0) is 83.5 Å². The minimum Gasteiger partial charge on any atom is -0.402 e. The highest BCUT2D eigenvalue weighted by Gasteiger charge is 2.23. The fourth-order valence-corrected chi connectivity index (χ4v) is 5.12. The maximum Gasteiger partial charge on any atom is 0.0929 e. The van der Waals surface area contributed by atoms with Crippen molar-refractivity contribution in [2.24, 2.45) is 28.6 Å². The Morgan fingerprint density at radius 2 is 1.97 bits per heavy atom. The molecule has 0 aliphatic heterocycles. The van der Waals surface area contributed by atoms with Crippen LogP contribution in [0.3, 0.4) is 0 Å². The van der Waals surface area contributed by atoms with Gasteiger partial charge in [0, 0.05) is 24.1 Å². The Labute approximate surface area is 239 Å². The van der Waals surface area contributed by atoms with Gasteiger partial charge < -0.3 is 10.6 Å². The molecule has 0 aromatic carbocycles. The van der Waals surface area contributed by atoms with Gasteiger partial charge in [0.2, 0.25) is 0 Å². The molecule has 1 aliphatic rings. The number of terminal acetylenes is 1. The van der Waals surface area contributed by atoms with Gasteiger partial charge in [0.1, 0.15) is 0 Å². The van der Waals surface area contributed by atoms with Gasteiger partial charge in [0.25, 0.3) is 0 Å². The lowest BCUT2D eigenvalue weighted by molar-refractivity contribution is 0.308. The van der Waals surface area contributed by atoms with Crippen molar-refractivity contribution in [1.82, 2.24) is 9.91 Å². The second kappa shape index (κ2) is 18.4. The highest BCUT2D eigenvalue weighted by Crippen LogP contribution is 2.35. The molecule has 3 unspecified atom stereocenters. The van der Waals surface area contributed by atoms with Gasteiger partial charge in [-0.3, -0.25) is 0 Å².